The van der Waals surface area contributed by atoms with Gasteiger partial charge in [0.05, 0.1) is 26.3 Å². The van der Waals surface area contributed by atoms with Crippen LogP contribution in [-0.2, 0) is 19.1 Å². The summed E-state index contributed by atoms with van der Waals surface area (Å²) in [5.41, 5.74) is 3.19. The average molecular weight is 505 g/mol. The smallest absolute Gasteiger partial charge is 0.333 e. The van der Waals surface area contributed by atoms with Gasteiger partial charge in [0.1, 0.15) is 5.75 Å². The van der Waals surface area contributed by atoms with Gasteiger partial charge in [-0.1, -0.05) is 17.7 Å². The van der Waals surface area contributed by atoms with Crippen LogP contribution in [-0.4, -0.2) is 61.5 Å². The van der Waals surface area contributed by atoms with Crippen LogP contribution in [0.4, 0.5) is 5.69 Å². The maximum Gasteiger partial charge on any atom is 0.333 e. The molecule has 2 aromatic carbocycles. The van der Waals surface area contributed by atoms with E-state index in [-0.39, 0.29) is 24.3 Å². The van der Waals surface area contributed by atoms with Crippen LogP contribution in [0.1, 0.15) is 30.0 Å². The van der Waals surface area contributed by atoms with Crippen LogP contribution in [0.25, 0.3) is 10.9 Å². The van der Waals surface area contributed by atoms with Crippen LogP contribution in [0, 0.1) is 12.8 Å². The molecule has 2 heterocycles. The highest BCUT2D eigenvalue weighted by molar-refractivity contribution is 5.92. The molecule has 194 valence electrons. The van der Waals surface area contributed by atoms with Crippen LogP contribution in [0.3, 0.4) is 0 Å². The molecule has 1 aliphatic rings. The van der Waals surface area contributed by atoms with Gasteiger partial charge in [0, 0.05) is 28.8 Å². The highest BCUT2D eigenvalue weighted by Crippen LogP contribution is 2.24. The van der Waals surface area contributed by atoms with Gasteiger partial charge >= 0.3 is 5.97 Å². The Morgan fingerprint density at radius 1 is 1.05 bits per heavy atom. The fourth-order valence-electron chi connectivity index (χ4n) is 4.45. The number of nitrogens with one attached hydrogen (secondary N) is 2. The number of aryl methyl sites for hydroxylation is 1. The van der Waals surface area contributed by atoms with Crippen molar-refractivity contribution in [2.75, 3.05) is 39.2 Å². The molecule has 2 amide bonds. The van der Waals surface area contributed by atoms with E-state index in [4.69, 9.17) is 9.47 Å². The molecule has 4 rings (SSSR count). The molecule has 1 unspecified atom stereocenters. The molecular weight excluding hydrogens is 472 g/mol. The van der Waals surface area contributed by atoms with E-state index < -0.39 is 12.0 Å². The summed E-state index contributed by atoms with van der Waals surface area (Å²) in [5, 5.41) is 6.55. The first-order valence-electron chi connectivity index (χ1n) is 12.3. The van der Waals surface area contributed by atoms with Gasteiger partial charge in [-0.2, -0.15) is 0 Å². The maximum absolute atomic E-state index is 12.9. The minimum absolute atomic E-state index is 0.000792. The molecule has 0 aliphatic carbocycles. The number of methoxy groups -OCH3 is 2. The van der Waals surface area contributed by atoms with Gasteiger partial charge in [0.2, 0.25) is 11.8 Å². The van der Waals surface area contributed by atoms with Gasteiger partial charge in [-0.25, -0.2) is 4.79 Å². The van der Waals surface area contributed by atoms with Crippen molar-refractivity contribution in [3.05, 3.63) is 65.9 Å². The van der Waals surface area contributed by atoms with Gasteiger partial charge in [0.25, 0.3) is 0 Å². The van der Waals surface area contributed by atoms with E-state index in [1.807, 2.05) is 54.3 Å². The number of benzene rings is 2. The topological polar surface area (TPSA) is 110 Å². The van der Waals surface area contributed by atoms with Crippen molar-refractivity contribution in [2.45, 2.75) is 25.8 Å². The molecule has 2 N–H and O–H groups in total. The van der Waals surface area contributed by atoms with Gasteiger partial charge in [-0.3, -0.25) is 19.5 Å². The average Bonchev–Trinajstić information content (AvgIpc) is 2.92. The highest BCUT2D eigenvalue weighted by atomic mass is 16.5. The van der Waals surface area contributed by atoms with Crippen LogP contribution < -0.4 is 15.4 Å². The predicted molar refractivity (Wildman–Crippen MR) is 140 cm³/mol. The van der Waals surface area contributed by atoms with E-state index in [1.54, 1.807) is 19.4 Å². The Morgan fingerprint density at radius 3 is 2.46 bits per heavy atom. The number of carbonyl (C=O) groups is 3. The molecule has 1 saturated heterocycles. The number of pyridine rings is 1. The Morgan fingerprint density at radius 2 is 1.78 bits per heavy atom. The van der Waals surface area contributed by atoms with Crippen LogP contribution in [0.15, 0.2) is 54.7 Å². The Bertz CT molecular complexity index is 1270. The third-order valence-corrected chi connectivity index (χ3v) is 6.63. The molecular formula is C28H32N4O5. The molecule has 9 nitrogen and oxygen atoms in total. The summed E-state index contributed by atoms with van der Waals surface area (Å²) in [6, 6.07) is 14.0. The number of fused-ring (bicyclic) bond motifs is 1. The summed E-state index contributed by atoms with van der Waals surface area (Å²) in [4.78, 5) is 44.5. The van der Waals surface area contributed by atoms with Crippen molar-refractivity contribution >= 4 is 34.4 Å². The number of esters is 1. The van der Waals surface area contributed by atoms with E-state index in [2.05, 4.69) is 15.6 Å². The third-order valence-electron chi connectivity index (χ3n) is 6.63. The number of piperidine rings is 1. The standard InChI is InChI=1S/C28H32N4O5/c1-18-4-6-22(7-5-18)30-27(34)19-10-12-32(13-11-19)17-25(33)31-26(28(35)37-3)21-14-20-15-23(36-2)8-9-24(20)29-16-21/h4-9,14-16,19,26H,10-13,17H2,1-3H3,(H,30,34)(H,31,33). The van der Waals surface area contributed by atoms with E-state index in [0.717, 1.165) is 22.2 Å². The first-order valence-corrected chi connectivity index (χ1v) is 12.3. The number of hydrogen-bond acceptors (Lipinski definition) is 7. The first kappa shape index (κ1) is 26.1. The zero-order valence-corrected chi connectivity index (χ0v) is 21.3. The fourth-order valence-corrected chi connectivity index (χ4v) is 4.45. The van der Waals surface area contributed by atoms with Crippen molar-refractivity contribution in [2.24, 2.45) is 5.92 Å². The lowest BCUT2D eigenvalue weighted by atomic mass is 9.95. The molecule has 1 atom stereocenters. The summed E-state index contributed by atoms with van der Waals surface area (Å²) in [6.45, 7) is 3.34. The quantitative estimate of drug-likeness (QED) is 0.453. The van der Waals surface area contributed by atoms with Crippen LogP contribution >= 0.6 is 0 Å². The van der Waals surface area contributed by atoms with Crippen molar-refractivity contribution in [3.63, 3.8) is 0 Å². The lowest BCUT2D eigenvalue weighted by Crippen LogP contribution is -2.45. The lowest BCUT2D eigenvalue weighted by Gasteiger charge is -2.31. The summed E-state index contributed by atoms with van der Waals surface area (Å²) in [5.74, 6) is -0.322. The highest BCUT2D eigenvalue weighted by Gasteiger charge is 2.28. The number of carbonyl (C=O) groups excluding carboxylic acids is 3. The molecule has 0 radical (unpaired) electrons. The molecule has 1 aromatic heterocycles. The molecule has 3 aromatic rings. The Hall–Kier alpha value is -3.98. The van der Waals surface area contributed by atoms with E-state index in [9.17, 15) is 14.4 Å². The minimum atomic E-state index is -0.988. The van der Waals surface area contributed by atoms with E-state index >= 15 is 0 Å². The minimum Gasteiger partial charge on any atom is -0.497 e. The van der Waals surface area contributed by atoms with Gasteiger partial charge in [-0.15, -0.1) is 0 Å². The largest absolute Gasteiger partial charge is 0.497 e. The summed E-state index contributed by atoms with van der Waals surface area (Å²) in [6.07, 6.45) is 2.87. The first-order chi connectivity index (χ1) is 17.9. The SMILES string of the molecule is COC(=O)C(NC(=O)CN1CCC(C(=O)Nc2ccc(C)cc2)CC1)c1cnc2ccc(OC)cc2c1. The van der Waals surface area contributed by atoms with Gasteiger partial charge in [-0.05, 0) is 69.3 Å². The molecule has 0 saturated carbocycles. The number of nitrogens with zero attached hydrogens (tertiary/aromatic N) is 2. The number of rotatable bonds is 8. The summed E-state index contributed by atoms with van der Waals surface area (Å²) < 4.78 is 10.2. The van der Waals surface area contributed by atoms with E-state index in [0.29, 0.717) is 37.2 Å². The lowest BCUT2D eigenvalue weighted by molar-refractivity contribution is -0.145. The van der Waals surface area contributed by atoms with Gasteiger partial charge in [0.15, 0.2) is 6.04 Å². The van der Waals surface area contributed by atoms with Crippen LogP contribution in [0.5, 0.6) is 5.75 Å². The number of amides is 2. The summed E-state index contributed by atoms with van der Waals surface area (Å²) in [7, 11) is 2.86. The predicted octanol–water partition coefficient (Wildman–Crippen LogP) is 3.23. The van der Waals surface area contributed by atoms with Crippen molar-refractivity contribution in [1.82, 2.24) is 15.2 Å². The third kappa shape index (κ3) is 6.62. The molecule has 9 heteroatoms. The summed E-state index contributed by atoms with van der Waals surface area (Å²) >= 11 is 0. The number of ether oxygens (including phenoxy) is 2. The maximum atomic E-state index is 12.9. The molecule has 37 heavy (non-hydrogen) atoms. The Balaban J connectivity index is 1.34. The molecule has 0 bridgehead atoms. The van der Waals surface area contributed by atoms with Crippen molar-refractivity contribution in [1.29, 1.82) is 0 Å². The number of anilines is 1. The zero-order valence-electron chi connectivity index (χ0n) is 21.3. The molecule has 1 aliphatic heterocycles. The zero-order chi connectivity index (χ0) is 26.4. The normalized spacial score (nSPS) is 15.1. The second-order valence-electron chi connectivity index (χ2n) is 9.26. The number of hydrogen-bond donors (Lipinski definition) is 2. The second-order valence-corrected chi connectivity index (χ2v) is 9.26. The number of likely N-dealkylation sites (tertiary alicyclic amines) is 1. The fraction of sp³-hybridized carbons (Fsp3) is 0.357. The number of aromatic nitrogens is 1. The molecule has 1 fully saturated rings. The van der Waals surface area contributed by atoms with Crippen LogP contribution in [0.2, 0.25) is 0 Å². The Kier molecular flexibility index (Phi) is 8.35. The Labute approximate surface area is 216 Å². The van der Waals surface area contributed by atoms with E-state index in [1.165, 1.54) is 7.11 Å². The second kappa shape index (κ2) is 11.8. The molecule has 0 spiro atoms. The monoisotopic (exact) mass is 504 g/mol. The van der Waals surface area contributed by atoms with Crippen molar-refractivity contribution < 1.29 is 23.9 Å². The van der Waals surface area contributed by atoms with Gasteiger partial charge < -0.3 is 20.1 Å². The van der Waals surface area contributed by atoms with Crippen molar-refractivity contribution in [3.8, 4) is 5.75 Å².